The van der Waals surface area contributed by atoms with Crippen LogP contribution in [0.3, 0.4) is 0 Å². The topological polar surface area (TPSA) is 127 Å². The Bertz CT molecular complexity index is 1280. The number of anilines is 1. The third-order valence-corrected chi connectivity index (χ3v) is 6.08. The van der Waals surface area contributed by atoms with E-state index in [9.17, 15) is 19.6 Å². The molecule has 2 heterocycles. The van der Waals surface area contributed by atoms with Crippen molar-refractivity contribution in [3.05, 3.63) is 62.3 Å². The van der Waals surface area contributed by atoms with Crippen molar-refractivity contribution in [1.82, 2.24) is 10.4 Å². The highest BCUT2D eigenvalue weighted by atomic mass is 32.1. The summed E-state index contributed by atoms with van der Waals surface area (Å²) in [5.74, 6) is -1.91. The molecule has 9 heteroatoms. The van der Waals surface area contributed by atoms with E-state index < -0.39 is 11.8 Å². The Morgan fingerprint density at radius 1 is 1.20 bits per heavy atom. The number of aryl methyl sites for hydroxylation is 1. The van der Waals surface area contributed by atoms with Gasteiger partial charge in [0.1, 0.15) is 11.1 Å². The molecule has 8 nitrogen and oxygen atoms in total. The van der Waals surface area contributed by atoms with Gasteiger partial charge in [-0.1, -0.05) is 18.2 Å². The van der Waals surface area contributed by atoms with Crippen molar-refractivity contribution in [2.24, 2.45) is 5.10 Å². The van der Waals surface area contributed by atoms with Gasteiger partial charge in [-0.15, -0.1) is 11.3 Å². The number of H-pyrrole nitrogens is 1. The number of hydrogen-bond donors (Lipinski definition) is 3. The number of carbonyl (C=O) groups is 2. The second-order valence-electron chi connectivity index (χ2n) is 6.82. The van der Waals surface area contributed by atoms with Crippen LogP contribution in [0.1, 0.15) is 34.4 Å². The summed E-state index contributed by atoms with van der Waals surface area (Å²) in [7, 11) is 0. The Kier molecular flexibility index (Phi) is 5.41. The van der Waals surface area contributed by atoms with E-state index in [0.717, 1.165) is 41.5 Å². The van der Waals surface area contributed by atoms with Gasteiger partial charge in [0.2, 0.25) is 0 Å². The lowest BCUT2D eigenvalue weighted by molar-refractivity contribution is -0.136. The van der Waals surface area contributed by atoms with Crippen LogP contribution in [0.5, 0.6) is 0 Å². The molecule has 0 aliphatic heterocycles. The van der Waals surface area contributed by atoms with Crippen LogP contribution >= 0.6 is 11.3 Å². The molecule has 2 aromatic heterocycles. The monoisotopic (exact) mass is 419 g/mol. The Labute approximate surface area is 175 Å². The lowest BCUT2D eigenvalue weighted by Crippen LogP contribution is -2.32. The Hall–Kier alpha value is -3.77. The lowest BCUT2D eigenvalue weighted by Gasteiger charge is -2.09. The number of hydrazone groups is 1. The van der Waals surface area contributed by atoms with Crippen LogP contribution in [0, 0.1) is 11.3 Å². The normalized spacial score (nSPS) is 13.0. The summed E-state index contributed by atoms with van der Waals surface area (Å²) in [6.45, 7) is 0. The highest BCUT2D eigenvalue weighted by molar-refractivity contribution is 7.16. The lowest BCUT2D eigenvalue weighted by atomic mass is 9.96. The number of para-hydroxylation sites is 1. The maximum absolute atomic E-state index is 12.2. The van der Waals surface area contributed by atoms with E-state index in [-0.39, 0.29) is 11.1 Å². The second-order valence-corrected chi connectivity index (χ2v) is 7.93. The number of hydrogen-bond acceptors (Lipinski definition) is 6. The molecule has 0 fully saturated rings. The van der Waals surface area contributed by atoms with Crippen molar-refractivity contribution in [2.75, 3.05) is 5.32 Å². The standard InChI is InChI=1S/C21H17N5O3S/c22-10-15-14-6-2-4-8-17(14)30-21(15)25-19(28)20(29)26-23-11-13-9-12-5-1-3-7-16(12)24-18(13)27/h1,3,5,7,9,11H,2,4,6,8H2,(H,24,27)(H,25,28)(H,26,29)/b23-11+. The van der Waals surface area contributed by atoms with Gasteiger partial charge in [-0.3, -0.25) is 14.4 Å². The number of carbonyl (C=O) groups excluding carboxylic acids is 2. The molecule has 0 saturated carbocycles. The summed E-state index contributed by atoms with van der Waals surface area (Å²) in [6, 6.07) is 11.0. The minimum absolute atomic E-state index is 0.243. The van der Waals surface area contributed by atoms with Crippen molar-refractivity contribution in [3.8, 4) is 6.07 Å². The number of pyridine rings is 1. The Balaban J connectivity index is 1.44. The largest absolute Gasteiger partial charge is 0.329 e. The first-order valence-corrected chi connectivity index (χ1v) is 10.2. The first-order chi connectivity index (χ1) is 14.6. The van der Waals surface area contributed by atoms with Gasteiger partial charge in [0, 0.05) is 10.4 Å². The molecule has 0 atom stereocenters. The molecule has 4 rings (SSSR count). The molecule has 1 aliphatic carbocycles. The van der Waals surface area contributed by atoms with Crippen LogP contribution in [-0.4, -0.2) is 23.0 Å². The minimum atomic E-state index is -0.987. The molecular weight excluding hydrogens is 402 g/mol. The van der Waals surface area contributed by atoms with Crippen molar-refractivity contribution in [1.29, 1.82) is 5.26 Å². The molecule has 30 heavy (non-hydrogen) atoms. The molecule has 3 N–H and O–H groups in total. The number of aromatic nitrogens is 1. The Morgan fingerprint density at radius 2 is 2.00 bits per heavy atom. The zero-order valence-electron chi connectivity index (χ0n) is 15.8. The smallest absolute Gasteiger partial charge is 0.321 e. The average molecular weight is 419 g/mol. The Morgan fingerprint density at radius 3 is 2.83 bits per heavy atom. The van der Waals surface area contributed by atoms with Crippen LogP contribution in [0.4, 0.5) is 5.00 Å². The fourth-order valence-electron chi connectivity index (χ4n) is 3.40. The maximum Gasteiger partial charge on any atom is 0.329 e. The van der Waals surface area contributed by atoms with Gasteiger partial charge in [-0.05, 0) is 48.8 Å². The van der Waals surface area contributed by atoms with Gasteiger partial charge in [-0.25, -0.2) is 5.43 Å². The summed E-state index contributed by atoms with van der Waals surface area (Å²) < 4.78 is 0. The fraction of sp³-hybridized carbons (Fsp3) is 0.190. The number of aromatic amines is 1. The van der Waals surface area contributed by atoms with Gasteiger partial charge < -0.3 is 10.3 Å². The summed E-state index contributed by atoms with van der Waals surface area (Å²) in [4.78, 5) is 40.2. The third kappa shape index (κ3) is 3.86. The number of amides is 2. The number of nitrogens with one attached hydrogen (secondary N) is 3. The summed E-state index contributed by atoms with van der Waals surface area (Å²) >= 11 is 1.34. The fourth-order valence-corrected chi connectivity index (χ4v) is 4.64. The van der Waals surface area contributed by atoms with Gasteiger partial charge in [-0.2, -0.15) is 10.4 Å². The molecule has 1 aliphatic rings. The average Bonchev–Trinajstić information content (AvgIpc) is 3.10. The molecule has 150 valence electrons. The first kappa shape index (κ1) is 19.5. The summed E-state index contributed by atoms with van der Waals surface area (Å²) in [5.41, 5.74) is 4.09. The number of fused-ring (bicyclic) bond motifs is 2. The predicted octanol–water partition coefficient (Wildman–Crippen LogP) is 2.43. The van der Waals surface area contributed by atoms with Crippen LogP contribution in [-0.2, 0) is 22.4 Å². The van der Waals surface area contributed by atoms with Crippen molar-refractivity contribution in [2.45, 2.75) is 25.7 Å². The summed E-state index contributed by atoms with van der Waals surface area (Å²) in [6.07, 6.45) is 4.92. The van der Waals surface area contributed by atoms with Crippen molar-refractivity contribution in [3.63, 3.8) is 0 Å². The van der Waals surface area contributed by atoms with E-state index in [2.05, 4.69) is 26.9 Å². The minimum Gasteiger partial charge on any atom is -0.321 e. The molecule has 0 spiro atoms. The molecule has 2 amide bonds. The van der Waals surface area contributed by atoms with E-state index >= 15 is 0 Å². The highest BCUT2D eigenvalue weighted by Crippen LogP contribution is 2.37. The number of benzene rings is 1. The number of thiophene rings is 1. The van der Waals surface area contributed by atoms with Crippen LogP contribution in [0.2, 0.25) is 0 Å². The van der Waals surface area contributed by atoms with Gasteiger partial charge in [0.05, 0.1) is 17.3 Å². The zero-order chi connectivity index (χ0) is 21.1. The van der Waals surface area contributed by atoms with Crippen molar-refractivity contribution < 1.29 is 9.59 Å². The maximum atomic E-state index is 12.2. The summed E-state index contributed by atoms with van der Waals surface area (Å²) in [5, 5.41) is 16.9. The van der Waals surface area contributed by atoms with Gasteiger partial charge in [0.25, 0.3) is 5.56 Å². The van der Waals surface area contributed by atoms with Crippen LogP contribution < -0.4 is 16.3 Å². The first-order valence-electron chi connectivity index (χ1n) is 9.38. The van der Waals surface area contributed by atoms with Crippen LogP contribution in [0.25, 0.3) is 10.9 Å². The SMILES string of the molecule is N#Cc1c(NC(=O)C(=O)N/N=C/c2cc3ccccc3[nH]c2=O)sc2c1CCCC2. The van der Waals surface area contributed by atoms with E-state index in [4.69, 9.17) is 0 Å². The van der Waals surface area contributed by atoms with Gasteiger partial charge in [0.15, 0.2) is 0 Å². The quantitative estimate of drug-likeness (QED) is 0.342. The molecule has 0 saturated heterocycles. The van der Waals surface area contributed by atoms with Crippen LogP contribution in [0.15, 0.2) is 40.2 Å². The molecule has 1 aromatic carbocycles. The molecular formula is C21H17N5O3S. The molecule has 3 aromatic rings. The number of nitriles is 1. The molecule has 0 radical (unpaired) electrons. The van der Waals surface area contributed by atoms with Gasteiger partial charge >= 0.3 is 11.8 Å². The molecule has 0 bridgehead atoms. The zero-order valence-corrected chi connectivity index (χ0v) is 16.6. The van der Waals surface area contributed by atoms with Crippen molar-refractivity contribution >= 4 is 45.3 Å². The van der Waals surface area contributed by atoms with E-state index in [0.29, 0.717) is 16.1 Å². The number of rotatable bonds is 3. The van der Waals surface area contributed by atoms with E-state index in [1.807, 2.05) is 18.2 Å². The number of nitrogens with zero attached hydrogens (tertiary/aromatic N) is 2. The highest BCUT2D eigenvalue weighted by Gasteiger charge is 2.23. The van der Waals surface area contributed by atoms with E-state index in [1.165, 1.54) is 17.6 Å². The van der Waals surface area contributed by atoms with E-state index in [1.54, 1.807) is 12.1 Å². The third-order valence-electron chi connectivity index (χ3n) is 4.87. The second kappa shape index (κ2) is 8.31. The predicted molar refractivity (Wildman–Crippen MR) is 115 cm³/mol. The molecule has 0 unspecified atom stereocenters.